The third-order valence-electron chi connectivity index (χ3n) is 4.39. The number of hydrogen-bond donors (Lipinski definition) is 2. The van der Waals surface area contributed by atoms with Crippen molar-refractivity contribution in [2.75, 3.05) is 6.54 Å². The molecule has 2 aliphatic rings. The second-order valence-electron chi connectivity index (χ2n) is 6.58. The number of nitrogens with one attached hydrogen (secondary N) is 1. The predicted octanol–water partition coefficient (Wildman–Crippen LogP) is 2.20. The van der Waals surface area contributed by atoms with E-state index >= 15 is 0 Å². The van der Waals surface area contributed by atoms with Crippen molar-refractivity contribution < 1.29 is 0 Å². The van der Waals surface area contributed by atoms with Gasteiger partial charge in [0, 0.05) is 18.6 Å². The zero-order chi connectivity index (χ0) is 12.2. The van der Waals surface area contributed by atoms with E-state index in [0.717, 1.165) is 12.5 Å². The molecular formula is C15H22N2. The maximum Gasteiger partial charge on any atom is 0.0367 e. The molecule has 17 heavy (non-hydrogen) atoms. The Labute approximate surface area is 104 Å². The fraction of sp³-hybridized carbons (Fsp3) is 0.600. The summed E-state index contributed by atoms with van der Waals surface area (Å²) in [5, 5.41) is 3.58. The fourth-order valence-electron chi connectivity index (χ4n) is 3.10. The lowest BCUT2D eigenvalue weighted by Gasteiger charge is -2.21. The van der Waals surface area contributed by atoms with E-state index in [9.17, 15) is 0 Å². The number of rotatable bonds is 1. The van der Waals surface area contributed by atoms with Crippen LogP contribution >= 0.6 is 0 Å². The summed E-state index contributed by atoms with van der Waals surface area (Å²) in [7, 11) is 0. The first-order chi connectivity index (χ1) is 7.98. The summed E-state index contributed by atoms with van der Waals surface area (Å²) < 4.78 is 0. The lowest BCUT2D eigenvalue weighted by Crippen LogP contribution is -2.25. The minimum atomic E-state index is 0.236. The van der Waals surface area contributed by atoms with Gasteiger partial charge in [-0.05, 0) is 28.4 Å². The van der Waals surface area contributed by atoms with E-state index in [-0.39, 0.29) is 5.41 Å². The highest BCUT2D eigenvalue weighted by atomic mass is 15.1. The molecular weight excluding hydrogens is 208 g/mol. The minimum absolute atomic E-state index is 0.236. The van der Waals surface area contributed by atoms with Crippen molar-refractivity contribution in [3.05, 3.63) is 35.4 Å². The first kappa shape index (κ1) is 11.2. The zero-order valence-electron chi connectivity index (χ0n) is 10.9. The molecule has 2 heteroatoms. The molecule has 3 N–H and O–H groups in total. The summed E-state index contributed by atoms with van der Waals surface area (Å²) in [6.07, 6.45) is 0. The molecule has 1 saturated heterocycles. The lowest BCUT2D eigenvalue weighted by atomic mass is 9.86. The topological polar surface area (TPSA) is 38.0 Å². The van der Waals surface area contributed by atoms with Crippen LogP contribution in [0.3, 0.4) is 0 Å². The Kier molecular flexibility index (Phi) is 2.36. The Balaban J connectivity index is 1.81. The van der Waals surface area contributed by atoms with Gasteiger partial charge in [-0.25, -0.2) is 0 Å². The first-order valence-corrected chi connectivity index (χ1v) is 6.58. The molecule has 0 amide bonds. The average Bonchev–Trinajstić information content (AvgIpc) is 2.76. The van der Waals surface area contributed by atoms with E-state index in [4.69, 9.17) is 5.73 Å². The summed E-state index contributed by atoms with van der Waals surface area (Å²) in [5.41, 5.74) is 9.10. The molecule has 0 aromatic heterocycles. The highest BCUT2D eigenvalue weighted by molar-refractivity contribution is 5.32. The van der Waals surface area contributed by atoms with E-state index in [0.29, 0.717) is 18.0 Å². The molecule has 92 valence electrons. The van der Waals surface area contributed by atoms with Gasteiger partial charge in [-0.1, -0.05) is 45.0 Å². The van der Waals surface area contributed by atoms with Gasteiger partial charge in [0.25, 0.3) is 0 Å². The predicted molar refractivity (Wildman–Crippen MR) is 70.8 cm³/mol. The van der Waals surface area contributed by atoms with Crippen LogP contribution in [0.2, 0.25) is 0 Å². The van der Waals surface area contributed by atoms with Gasteiger partial charge in [0.05, 0.1) is 0 Å². The maximum atomic E-state index is 6.06. The van der Waals surface area contributed by atoms with Crippen LogP contribution in [0.1, 0.15) is 37.9 Å². The molecule has 4 unspecified atom stereocenters. The van der Waals surface area contributed by atoms with E-state index in [1.807, 2.05) is 0 Å². The maximum absolute atomic E-state index is 6.06. The van der Waals surface area contributed by atoms with Crippen LogP contribution < -0.4 is 11.1 Å². The van der Waals surface area contributed by atoms with Crippen LogP contribution in [0.5, 0.6) is 0 Å². The van der Waals surface area contributed by atoms with E-state index in [2.05, 4.69) is 50.4 Å². The number of benzene rings is 1. The van der Waals surface area contributed by atoms with Crippen LogP contribution in [-0.4, -0.2) is 12.6 Å². The summed E-state index contributed by atoms with van der Waals surface area (Å²) in [5.74, 6) is 1.40. The van der Waals surface area contributed by atoms with Gasteiger partial charge in [-0.15, -0.1) is 0 Å². The molecule has 1 aliphatic heterocycles. The smallest absolute Gasteiger partial charge is 0.0367 e. The second-order valence-corrected chi connectivity index (χ2v) is 6.58. The van der Waals surface area contributed by atoms with Crippen LogP contribution in [0, 0.1) is 11.8 Å². The molecule has 2 fully saturated rings. The molecule has 1 heterocycles. The summed E-state index contributed by atoms with van der Waals surface area (Å²) in [4.78, 5) is 0. The van der Waals surface area contributed by atoms with E-state index < -0.39 is 0 Å². The van der Waals surface area contributed by atoms with Crippen LogP contribution in [-0.2, 0) is 5.41 Å². The number of nitrogens with two attached hydrogens (primary N) is 1. The molecule has 0 bridgehead atoms. The van der Waals surface area contributed by atoms with Crippen molar-refractivity contribution >= 4 is 0 Å². The zero-order valence-corrected chi connectivity index (χ0v) is 10.9. The van der Waals surface area contributed by atoms with Crippen LogP contribution in [0.4, 0.5) is 0 Å². The lowest BCUT2D eigenvalue weighted by molar-refractivity contribution is 0.535. The molecule has 4 atom stereocenters. The number of hydrogen-bond acceptors (Lipinski definition) is 2. The largest absolute Gasteiger partial charge is 0.327 e. The van der Waals surface area contributed by atoms with Crippen molar-refractivity contribution in [2.24, 2.45) is 17.6 Å². The molecule has 3 rings (SSSR count). The normalized spacial score (nSPS) is 35.8. The highest BCUT2D eigenvalue weighted by Gasteiger charge is 2.56. The third kappa shape index (κ3) is 1.80. The molecule has 2 nitrogen and oxygen atoms in total. The number of piperidine rings is 1. The molecule has 1 aromatic rings. The van der Waals surface area contributed by atoms with Crippen molar-refractivity contribution in [2.45, 2.75) is 38.3 Å². The van der Waals surface area contributed by atoms with Gasteiger partial charge in [0.1, 0.15) is 0 Å². The van der Waals surface area contributed by atoms with Gasteiger partial charge in [0.15, 0.2) is 0 Å². The quantitative estimate of drug-likeness (QED) is 0.776. The Morgan fingerprint density at radius 3 is 2.29 bits per heavy atom. The summed E-state index contributed by atoms with van der Waals surface area (Å²) in [6.45, 7) is 7.85. The van der Waals surface area contributed by atoms with Gasteiger partial charge in [-0.3, -0.25) is 0 Å². The minimum Gasteiger partial charge on any atom is -0.327 e. The first-order valence-electron chi connectivity index (χ1n) is 6.58. The fourth-order valence-corrected chi connectivity index (χ4v) is 3.10. The molecule has 1 saturated carbocycles. The molecule has 1 aromatic carbocycles. The van der Waals surface area contributed by atoms with Gasteiger partial charge in [-0.2, -0.15) is 0 Å². The molecule has 0 radical (unpaired) electrons. The Hall–Kier alpha value is -0.860. The van der Waals surface area contributed by atoms with Gasteiger partial charge < -0.3 is 11.1 Å². The Morgan fingerprint density at radius 1 is 1.18 bits per heavy atom. The van der Waals surface area contributed by atoms with Crippen LogP contribution in [0.25, 0.3) is 0 Å². The monoisotopic (exact) mass is 230 g/mol. The van der Waals surface area contributed by atoms with Gasteiger partial charge in [0.2, 0.25) is 0 Å². The second kappa shape index (κ2) is 3.56. The van der Waals surface area contributed by atoms with Gasteiger partial charge >= 0.3 is 0 Å². The summed E-state index contributed by atoms with van der Waals surface area (Å²) in [6, 6.07) is 9.99. The van der Waals surface area contributed by atoms with E-state index in [1.54, 1.807) is 0 Å². The van der Waals surface area contributed by atoms with Crippen molar-refractivity contribution in [1.29, 1.82) is 0 Å². The number of fused-ring (bicyclic) bond motifs is 1. The molecule has 1 aliphatic carbocycles. The average molecular weight is 230 g/mol. The van der Waals surface area contributed by atoms with Crippen molar-refractivity contribution in [3.63, 3.8) is 0 Å². The van der Waals surface area contributed by atoms with Crippen molar-refractivity contribution in [3.8, 4) is 0 Å². The standard InChI is InChI=1S/C15H22N2/c1-15(2,3)10-6-4-9(5-7-10)14-12-11(8-17-14)13(12)16/h4-7,11-14,17H,8,16H2,1-3H3. The Bertz CT molecular complexity index is 416. The van der Waals surface area contributed by atoms with Crippen LogP contribution in [0.15, 0.2) is 24.3 Å². The summed E-state index contributed by atoms with van der Waals surface area (Å²) >= 11 is 0. The third-order valence-corrected chi connectivity index (χ3v) is 4.39. The Morgan fingerprint density at radius 2 is 1.82 bits per heavy atom. The SMILES string of the molecule is CC(C)(C)c1ccc(C2NCC3C(N)C23)cc1. The van der Waals surface area contributed by atoms with E-state index in [1.165, 1.54) is 11.1 Å². The molecule has 0 spiro atoms. The van der Waals surface area contributed by atoms with Crippen molar-refractivity contribution in [1.82, 2.24) is 5.32 Å². The highest BCUT2D eigenvalue weighted by Crippen LogP contribution is 2.50.